The first-order valence-corrected chi connectivity index (χ1v) is 6.82. The van der Waals surface area contributed by atoms with E-state index in [0.717, 1.165) is 17.7 Å². The zero-order valence-corrected chi connectivity index (χ0v) is 12.3. The van der Waals surface area contributed by atoms with Crippen LogP contribution in [0.5, 0.6) is 0 Å². The summed E-state index contributed by atoms with van der Waals surface area (Å²) in [7, 11) is 4.03. The second-order valence-electron chi connectivity index (χ2n) is 5.36. The predicted molar refractivity (Wildman–Crippen MR) is 84.0 cm³/mol. The minimum atomic E-state index is -0.0994. The van der Waals surface area contributed by atoms with Gasteiger partial charge in [-0.05, 0) is 36.6 Å². The lowest BCUT2D eigenvalue weighted by molar-refractivity contribution is 0.848. The number of hydrogen-bond donors (Lipinski definition) is 0. The van der Waals surface area contributed by atoms with Crippen LogP contribution in [0, 0.1) is 18.3 Å². The van der Waals surface area contributed by atoms with Crippen molar-refractivity contribution in [3.63, 3.8) is 0 Å². The average Bonchev–Trinajstić information content (AvgIpc) is 2.46. The SMILES string of the molecule is Cc1ccc(CC(C#N)c2cccc(N(C)C)c2)cc1. The van der Waals surface area contributed by atoms with Gasteiger partial charge in [-0.3, -0.25) is 0 Å². The topological polar surface area (TPSA) is 27.0 Å². The Balaban J connectivity index is 2.22. The maximum Gasteiger partial charge on any atom is 0.0753 e. The summed E-state index contributed by atoms with van der Waals surface area (Å²) in [5.41, 5.74) is 4.67. The molecule has 20 heavy (non-hydrogen) atoms. The lowest BCUT2D eigenvalue weighted by Crippen LogP contribution is -2.09. The summed E-state index contributed by atoms with van der Waals surface area (Å²) in [6.45, 7) is 2.08. The molecule has 0 saturated heterocycles. The monoisotopic (exact) mass is 264 g/mol. The molecule has 2 aromatic rings. The molecule has 102 valence electrons. The fraction of sp³-hybridized carbons (Fsp3) is 0.278. The smallest absolute Gasteiger partial charge is 0.0753 e. The van der Waals surface area contributed by atoms with Crippen molar-refractivity contribution in [3.05, 3.63) is 65.2 Å². The van der Waals surface area contributed by atoms with E-state index in [0.29, 0.717) is 0 Å². The van der Waals surface area contributed by atoms with E-state index >= 15 is 0 Å². The first-order valence-electron chi connectivity index (χ1n) is 6.82. The molecular formula is C18H20N2. The first-order chi connectivity index (χ1) is 9.60. The van der Waals surface area contributed by atoms with Gasteiger partial charge in [-0.15, -0.1) is 0 Å². The van der Waals surface area contributed by atoms with Crippen molar-refractivity contribution >= 4 is 5.69 Å². The molecule has 2 nitrogen and oxygen atoms in total. The van der Waals surface area contributed by atoms with Crippen LogP contribution in [-0.4, -0.2) is 14.1 Å². The fourth-order valence-corrected chi connectivity index (χ4v) is 2.22. The van der Waals surface area contributed by atoms with Crippen LogP contribution in [-0.2, 0) is 6.42 Å². The van der Waals surface area contributed by atoms with Gasteiger partial charge in [0.2, 0.25) is 0 Å². The van der Waals surface area contributed by atoms with Gasteiger partial charge in [0, 0.05) is 19.8 Å². The third-order valence-corrected chi connectivity index (χ3v) is 3.51. The van der Waals surface area contributed by atoms with E-state index in [2.05, 4.69) is 54.3 Å². The Morgan fingerprint density at radius 3 is 2.40 bits per heavy atom. The molecule has 0 amide bonds. The Labute approximate surface area is 121 Å². The van der Waals surface area contributed by atoms with Crippen LogP contribution >= 0.6 is 0 Å². The standard InChI is InChI=1S/C18H20N2/c1-14-7-9-15(10-8-14)11-17(13-19)16-5-4-6-18(12-16)20(2)3/h4-10,12,17H,11H2,1-3H3. The summed E-state index contributed by atoms with van der Waals surface area (Å²) in [4.78, 5) is 2.06. The summed E-state index contributed by atoms with van der Waals surface area (Å²) in [5, 5.41) is 9.46. The Morgan fingerprint density at radius 1 is 1.10 bits per heavy atom. The van der Waals surface area contributed by atoms with Gasteiger partial charge in [0.25, 0.3) is 0 Å². The van der Waals surface area contributed by atoms with Crippen LogP contribution < -0.4 is 4.90 Å². The van der Waals surface area contributed by atoms with E-state index < -0.39 is 0 Å². The number of nitriles is 1. The van der Waals surface area contributed by atoms with Crippen LogP contribution in [0.1, 0.15) is 22.6 Å². The van der Waals surface area contributed by atoms with Gasteiger partial charge < -0.3 is 4.90 Å². The number of nitrogens with zero attached hydrogens (tertiary/aromatic N) is 2. The van der Waals surface area contributed by atoms with Crippen molar-refractivity contribution in [2.45, 2.75) is 19.3 Å². The average molecular weight is 264 g/mol. The molecule has 2 heteroatoms. The van der Waals surface area contributed by atoms with Crippen molar-refractivity contribution in [2.24, 2.45) is 0 Å². The van der Waals surface area contributed by atoms with Crippen LogP contribution in [0.4, 0.5) is 5.69 Å². The largest absolute Gasteiger partial charge is 0.378 e. The van der Waals surface area contributed by atoms with Crippen molar-refractivity contribution in [1.82, 2.24) is 0 Å². The van der Waals surface area contributed by atoms with E-state index in [1.807, 2.05) is 26.2 Å². The lowest BCUT2D eigenvalue weighted by atomic mass is 9.92. The maximum absolute atomic E-state index is 9.46. The molecule has 2 rings (SSSR count). The summed E-state index contributed by atoms with van der Waals surface area (Å²) in [6, 6.07) is 19.1. The van der Waals surface area contributed by atoms with Gasteiger partial charge in [-0.2, -0.15) is 5.26 Å². The zero-order chi connectivity index (χ0) is 14.5. The molecule has 1 atom stereocenters. The third kappa shape index (κ3) is 3.39. The van der Waals surface area contributed by atoms with E-state index in [4.69, 9.17) is 0 Å². The third-order valence-electron chi connectivity index (χ3n) is 3.51. The highest BCUT2D eigenvalue weighted by Gasteiger charge is 2.12. The molecule has 0 aliphatic heterocycles. The van der Waals surface area contributed by atoms with Crippen LogP contribution in [0.15, 0.2) is 48.5 Å². The predicted octanol–water partition coefficient (Wildman–Crippen LogP) is 3.91. The highest BCUT2D eigenvalue weighted by molar-refractivity contribution is 5.49. The molecule has 0 bridgehead atoms. The molecule has 0 fully saturated rings. The number of rotatable bonds is 4. The van der Waals surface area contributed by atoms with E-state index in [-0.39, 0.29) is 5.92 Å². The van der Waals surface area contributed by atoms with Gasteiger partial charge in [0.05, 0.1) is 12.0 Å². The fourth-order valence-electron chi connectivity index (χ4n) is 2.22. The van der Waals surface area contributed by atoms with E-state index in [1.54, 1.807) is 0 Å². The Morgan fingerprint density at radius 2 is 1.80 bits per heavy atom. The highest BCUT2D eigenvalue weighted by atomic mass is 15.1. The molecule has 1 unspecified atom stereocenters. The van der Waals surface area contributed by atoms with Crippen molar-refractivity contribution in [3.8, 4) is 6.07 Å². The minimum Gasteiger partial charge on any atom is -0.378 e. The quantitative estimate of drug-likeness (QED) is 0.837. The van der Waals surface area contributed by atoms with Crippen LogP contribution in [0.25, 0.3) is 0 Å². The molecule has 0 N–H and O–H groups in total. The number of hydrogen-bond acceptors (Lipinski definition) is 2. The molecule has 0 aliphatic rings. The van der Waals surface area contributed by atoms with Crippen molar-refractivity contribution in [1.29, 1.82) is 5.26 Å². The Bertz CT molecular complexity index is 606. The second kappa shape index (κ2) is 6.25. The van der Waals surface area contributed by atoms with E-state index in [1.165, 1.54) is 11.1 Å². The van der Waals surface area contributed by atoms with Gasteiger partial charge in [0.15, 0.2) is 0 Å². The normalized spacial score (nSPS) is 11.7. The summed E-state index contributed by atoms with van der Waals surface area (Å²) in [6.07, 6.45) is 0.758. The highest BCUT2D eigenvalue weighted by Crippen LogP contribution is 2.24. The Kier molecular flexibility index (Phi) is 4.42. The van der Waals surface area contributed by atoms with Crippen molar-refractivity contribution < 1.29 is 0 Å². The van der Waals surface area contributed by atoms with Gasteiger partial charge in [-0.25, -0.2) is 0 Å². The first kappa shape index (κ1) is 14.1. The molecule has 0 radical (unpaired) electrons. The number of anilines is 1. The van der Waals surface area contributed by atoms with Crippen molar-refractivity contribution in [2.75, 3.05) is 19.0 Å². The van der Waals surface area contributed by atoms with Crippen LogP contribution in [0.3, 0.4) is 0 Å². The molecule has 0 aliphatic carbocycles. The maximum atomic E-state index is 9.46. The Hall–Kier alpha value is -2.27. The molecule has 2 aromatic carbocycles. The van der Waals surface area contributed by atoms with Crippen LogP contribution in [0.2, 0.25) is 0 Å². The van der Waals surface area contributed by atoms with E-state index in [9.17, 15) is 5.26 Å². The summed E-state index contributed by atoms with van der Waals surface area (Å²) in [5.74, 6) is -0.0994. The molecule has 0 aromatic heterocycles. The van der Waals surface area contributed by atoms with Gasteiger partial charge >= 0.3 is 0 Å². The van der Waals surface area contributed by atoms with Gasteiger partial charge in [0.1, 0.15) is 0 Å². The number of aryl methyl sites for hydroxylation is 1. The summed E-state index contributed by atoms with van der Waals surface area (Å²) < 4.78 is 0. The van der Waals surface area contributed by atoms with Gasteiger partial charge in [-0.1, -0.05) is 42.0 Å². The minimum absolute atomic E-state index is 0.0994. The second-order valence-corrected chi connectivity index (χ2v) is 5.36. The zero-order valence-electron chi connectivity index (χ0n) is 12.3. The number of benzene rings is 2. The molecule has 0 saturated carbocycles. The molecule has 0 spiro atoms. The summed E-state index contributed by atoms with van der Waals surface area (Å²) >= 11 is 0. The molecule has 0 heterocycles. The lowest BCUT2D eigenvalue weighted by Gasteiger charge is -2.16. The molecular weight excluding hydrogens is 244 g/mol.